The van der Waals surface area contributed by atoms with Gasteiger partial charge < -0.3 is 4.42 Å². The van der Waals surface area contributed by atoms with E-state index in [0.29, 0.717) is 10.8 Å². The summed E-state index contributed by atoms with van der Waals surface area (Å²) in [7, 11) is 0. The van der Waals surface area contributed by atoms with Gasteiger partial charge in [-0.25, -0.2) is 0 Å². The predicted octanol–water partition coefficient (Wildman–Crippen LogP) is 13.1. The van der Waals surface area contributed by atoms with Crippen LogP contribution in [-0.4, -0.2) is 4.92 Å². The van der Waals surface area contributed by atoms with Gasteiger partial charge in [-0.2, -0.15) is 0 Å². The standard InChI is InChI=1S/C46H27NO3/c48-47(49)46-36-21-10-8-19-34(36)44(35-20-9-11-22-37(35)46)39-23-12-24-40-45(39)38-26-25-29(27-41(38)50-40)43-32-17-6-4-15-30(32)42(28-13-2-1-3-14-28)31-16-5-7-18-33(31)43/h1-27H. The number of nitro benzene ring substituents is 1. The van der Waals surface area contributed by atoms with Gasteiger partial charge in [-0.3, -0.25) is 10.1 Å². The second-order valence-corrected chi connectivity index (χ2v) is 12.8. The predicted molar refractivity (Wildman–Crippen MR) is 207 cm³/mol. The SMILES string of the molecule is O=[N+]([O-])c1c2ccccc2c(-c2cccc3oc4cc(-c5c6ccccc6c(-c6ccccc6)c6ccccc56)ccc4c23)c2ccccc12. The van der Waals surface area contributed by atoms with E-state index in [9.17, 15) is 10.1 Å². The Morgan fingerprint density at radius 2 is 0.880 bits per heavy atom. The average molecular weight is 642 g/mol. The maximum atomic E-state index is 12.4. The summed E-state index contributed by atoms with van der Waals surface area (Å²) in [5.41, 5.74) is 8.33. The largest absolute Gasteiger partial charge is 0.456 e. The Balaban J connectivity index is 1.26. The van der Waals surface area contributed by atoms with E-state index in [-0.39, 0.29) is 10.6 Å². The summed E-state index contributed by atoms with van der Waals surface area (Å²) in [6.45, 7) is 0. The Hall–Kier alpha value is -6.78. The number of benzene rings is 9. The van der Waals surface area contributed by atoms with Gasteiger partial charge >= 0.3 is 0 Å². The lowest BCUT2D eigenvalue weighted by Gasteiger charge is -2.17. The molecule has 0 aliphatic heterocycles. The van der Waals surface area contributed by atoms with Crippen molar-refractivity contribution < 1.29 is 9.34 Å². The van der Waals surface area contributed by atoms with Gasteiger partial charge in [0.05, 0.1) is 15.7 Å². The average Bonchev–Trinajstić information content (AvgIpc) is 3.54. The lowest BCUT2D eigenvalue weighted by Crippen LogP contribution is -1.94. The van der Waals surface area contributed by atoms with E-state index >= 15 is 0 Å². The Morgan fingerprint density at radius 1 is 0.400 bits per heavy atom. The van der Waals surface area contributed by atoms with Crippen molar-refractivity contribution in [2.45, 2.75) is 0 Å². The molecular formula is C46H27NO3. The Bertz CT molecular complexity index is 2900. The van der Waals surface area contributed by atoms with Crippen LogP contribution < -0.4 is 0 Å². The Labute approximate surface area is 286 Å². The van der Waals surface area contributed by atoms with Crippen molar-refractivity contribution in [2.75, 3.05) is 0 Å². The maximum absolute atomic E-state index is 12.4. The highest BCUT2D eigenvalue weighted by atomic mass is 16.6. The summed E-state index contributed by atoms with van der Waals surface area (Å²) in [6, 6.07) is 55.9. The van der Waals surface area contributed by atoms with Crippen molar-refractivity contribution in [3.05, 3.63) is 174 Å². The van der Waals surface area contributed by atoms with Gasteiger partial charge in [0.15, 0.2) is 0 Å². The molecule has 0 unspecified atom stereocenters. The molecule has 0 spiro atoms. The van der Waals surface area contributed by atoms with Crippen LogP contribution in [0, 0.1) is 10.1 Å². The number of hydrogen-bond acceptors (Lipinski definition) is 3. The van der Waals surface area contributed by atoms with Gasteiger partial charge in [0.25, 0.3) is 5.69 Å². The number of non-ortho nitro benzene ring substituents is 1. The molecule has 0 fully saturated rings. The zero-order valence-electron chi connectivity index (χ0n) is 26.8. The smallest absolute Gasteiger partial charge is 0.284 e. The van der Waals surface area contributed by atoms with Crippen molar-refractivity contribution in [1.29, 1.82) is 0 Å². The molecule has 10 aromatic rings. The molecule has 0 atom stereocenters. The minimum atomic E-state index is -0.260. The molecule has 4 nitrogen and oxygen atoms in total. The normalized spacial score (nSPS) is 11.8. The van der Waals surface area contributed by atoms with Crippen LogP contribution in [0.25, 0.3) is 98.4 Å². The first-order valence-corrected chi connectivity index (χ1v) is 16.7. The molecule has 0 aliphatic carbocycles. The van der Waals surface area contributed by atoms with Crippen LogP contribution in [0.2, 0.25) is 0 Å². The third-order valence-electron chi connectivity index (χ3n) is 10.1. The van der Waals surface area contributed by atoms with Crippen molar-refractivity contribution in [3.63, 3.8) is 0 Å². The monoisotopic (exact) mass is 641 g/mol. The first kappa shape index (κ1) is 28.3. The number of nitro groups is 1. The first-order valence-electron chi connectivity index (χ1n) is 16.7. The van der Waals surface area contributed by atoms with Crippen LogP contribution >= 0.6 is 0 Å². The van der Waals surface area contributed by atoms with E-state index in [1.165, 1.54) is 38.2 Å². The molecule has 0 saturated carbocycles. The molecule has 0 aliphatic rings. The number of nitrogens with zero attached hydrogens (tertiary/aromatic N) is 1. The van der Waals surface area contributed by atoms with E-state index in [2.05, 4.69) is 103 Å². The summed E-state index contributed by atoms with van der Waals surface area (Å²) in [4.78, 5) is 12.2. The highest BCUT2D eigenvalue weighted by molar-refractivity contribution is 6.25. The summed E-state index contributed by atoms with van der Waals surface area (Å²) < 4.78 is 6.67. The van der Waals surface area contributed by atoms with Crippen LogP contribution in [0.3, 0.4) is 0 Å². The highest BCUT2D eigenvalue weighted by Gasteiger charge is 2.24. The minimum absolute atomic E-state index is 0.131. The van der Waals surface area contributed by atoms with Gasteiger partial charge in [0.1, 0.15) is 11.2 Å². The molecule has 0 radical (unpaired) electrons. The van der Waals surface area contributed by atoms with Gasteiger partial charge in [-0.05, 0) is 96.0 Å². The van der Waals surface area contributed by atoms with Crippen LogP contribution in [-0.2, 0) is 0 Å². The van der Waals surface area contributed by atoms with Crippen molar-refractivity contribution in [1.82, 2.24) is 0 Å². The molecule has 1 aromatic heterocycles. The molecule has 50 heavy (non-hydrogen) atoms. The highest BCUT2D eigenvalue weighted by Crippen LogP contribution is 2.48. The quantitative estimate of drug-likeness (QED) is 0.109. The van der Waals surface area contributed by atoms with Crippen LogP contribution in [0.4, 0.5) is 5.69 Å². The van der Waals surface area contributed by atoms with Crippen molar-refractivity contribution in [3.8, 4) is 33.4 Å². The molecule has 0 bridgehead atoms. The molecule has 1 heterocycles. The summed E-state index contributed by atoms with van der Waals surface area (Å²) in [5.74, 6) is 0. The fourth-order valence-corrected chi connectivity index (χ4v) is 8.14. The van der Waals surface area contributed by atoms with Crippen LogP contribution in [0.15, 0.2) is 168 Å². The Morgan fingerprint density at radius 3 is 1.42 bits per heavy atom. The zero-order valence-corrected chi connectivity index (χ0v) is 26.8. The third kappa shape index (κ3) is 4.06. The van der Waals surface area contributed by atoms with E-state index < -0.39 is 0 Å². The number of fused-ring (bicyclic) bond motifs is 7. The van der Waals surface area contributed by atoms with Gasteiger partial charge in [-0.15, -0.1) is 0 Å². The second-order valence-electron chi connectivity index (χ2n) is 12.8. The van der Waals surface area contributed by atoms with E-state index in [1.54, 1.807) is 0 Å². The number of furan rings is 1. The van der Waals surface area contributed by atoms with E-state index in [4.69, 9.17) is 4.42 Å². The van der Waals surface area contributed by atoms with E-state index in [1.807, 2.05) is 60.7 Å². The molecule has 0 saturated heterocycles. The van der Waals surface area contributed by atoms with Gasteiger partial charge in [0.2, 0.25) is 0 Å². The van der Waals surface area contributed by atoms with Crippen molar-refractivity contribution >= 4 is 70.7 Å². The summed E-state index contributed by atoms with van der Waals surface area (Å²) >= 11 is 0. The van der Waals surface area contributed by atoms with Crippen LogP contribution in [0.1, 0.15) is 0 Å². The fourth-order valence-electron chi connectivity index (χ4n) is 8.14. The molecule has 0 N–H and O–H groups in total. The van der Waals surface area contributed by atoms with Crippen LogP contribution in [0.5, 0.6) is 0 Å². The maximum Gasteiger partial charge on any atom is 0.284 e. The Kier molecular flexibility index (Phi) is 6.14. The molecular weight excluding hydrogens is 615 g/mol. The first-order chi connectivity index (χ1) is 24.7. The molecule has 0 amide bonds. The van der Waals surface area contributed by atoms with Crippen molar-refractivity contribution in [2.24, 2.45) is 0 Å². The number of hydrogen-bond donors (Lipinski definition) is 0. The lowest BCUT2D eigenvalue weighted by molar-refractivity contribution is -0.381. The molecule has 10 rings (SSSR count). The summed E-state index contributed by atoms with van der Waals surface area (Å²) in [5, 5.41) is 22.1. The third-order valence-corrected chi connectivity index (χ3v) is 10.1. The van der Waals surface area contributed by atoms with E-state index in [0.717, 1.165) is 49.4 Å². The molecule has 9 aromatic carbocycles. The molecule has 234 valence electrons. The zero-order chi connectivity index (χ0) is 33.3. The second kappa shape index (κ2) is 10.9. The summed E-state index contributed by atoms with van der Waals surface area (Å²) in [6.07, 6.45) is 0. The fraction of sp³-hybridized carbons (Fsp3) is 0. The topological polar surface area (TPSA) is 56.3 Å². The lowest BCUT2D eigenvalue weighted by atomic mass is 9.85. The van der Waals surface area contributed by atoms with Gasteiger partial charge in [0, 0.05) is 10.8 Å². The number of rotatable bonds is 4. The molecule has 4 heteroatoms. The minimum Gasteiger partial charge on any atom is -0.456 e. The van der Waals surface area contributed by atoms with Gasteiger partial charge in [-0.1, -0.05) is 133 Å².